The van der Waals surface area contributed by atoms with E-state index in [2.05, 4.69) is 38.2 Å². The van der Waals surface area contributed by atoms with Crippen LogP contribution in [0.1, 0.15) is 187 Å². The molecule has 0 radical (unpaired) electrons. The molecule has 0 saturated heterocycles. The van der Waals surface area contributed by atoms with Crippen LogP contribution in [0.5, 0.6) is 0 Å². The monoisotopic (exact) mass is 634 g/mol. The maximum Gasteiger partial charge on any atom is 0.306 e. The van der Waals surface area contributed by atoms with E-state index in [-0.39, 0.29) is 23.1 Å². The van der Waals surface area contributed by atoms with Gasteiger partial charge in [-0.3, -0.25) is 4.79 Å². The average molecular weight is 634 g/mol. The lowest BCUT2D eigenvalue weighted by atomic mass is 10.0. The number of ether oxygens (including phenoxy) is 1. The zero-order chi connectivity index (χ0) is 33.3. The number of carbonyl (C=O) groups excluding carboxylic acids is 2. The molecule has 0 amide bonds. The quantitative estimate of drug-likeness (QED) is 0.0306. The molecule has 0 saturated carbocycles. The van der Waals surface area contributed by atoms with Crippen molar-refractivity contribution in [2.24, 2.45) is 0 Å². The molecule has 0 aromatic rings. The highest BCUT2D eigenvalue weighted by Gasteiger charge is 2.25. The van der Waals surface area contributed by atoms with E-state index < -0.39 is 5.97 Å². The van der Waals surface area contributed by atoms with Crippen molar-refractivity contribution in [3.8, 4) is 0 Å². The van der Waals surface area contributed by atoms with Crippen LogP contribution in [-0.2, 0) is 14.3 Å². The molecule has 0 heterocycles. The van der Waals surface area contributed by atoms with Crippen molar-refractivity contribution >= 4 is 11.9 Å². The number of quaternary nitrogens is 1. The topological polar surface area (TPSA) is 66.4 Å². The van der Waals surface area contributed by atoms with Crippen LogP contribution in [0.25, 0.3) is 0 Å². The van der Waals surface area contributed by atoms with E-state index in [1.165, 1.54) is 116 Å². The summed E-state index contributed by atoms with van der Waals surface area (Å²) in [4.78, 5) is 23.9. The molecule has 0 spiro atoms. The van der Waals surface area contributed by atoms with Gasteiger partial charge in [0.25, 0.3) is 0 Å². The maximum absolute atomic E-state index is 12.7. The van der Waals surface area contributed by atoms with Gasteiger partial charge in [0.05, 0.1) is 20.1 Å². The van der Waals surface area contributed by atoms with Crippen LogP contribution >= 0.6 is 0 Å². The van der Waals surface area contributed by atoms with Crippen molar-refractivity contribution in [1.29, 1.82) is 0 Å². The Labute approximate surface area is 280 Å². The summed E-state index contributed by atoms with van der Waals surface area (Å²) in [7, 11) is 3.75. The molecule has 0 aliphatic carbocycles. The van der Waals surface area contributed by atoms with Gasteiger partial charge < -0.3 is 19.1 Å². The number of nitrogens with zero attached hydrogens (tertiary/aromatic N) is 1. The third kappa shape index (κ3) is 33.6. The van der Waals surface area contributed by atoms with Gasteiger partial charge in [-0.2, -0.15) is 0 Å². The fourth-order valence-corrected chi connectivity index (χ4v) is 6.04. The van der Waals surface area contributed by atoms with Crippen molar-refractivity contribution in [1.82, 2.24) is 0 Å². The summed E-state index contributed by atoms with van der Waals surface area (Å²) in [5.41, 5.74) is 0. The molecule has 0 rings (SSSR count). The molecule has 0 N–H and O–H groups in total. The van der Waals surface area contributed by atoms with Gasteiger partial charge in [-0.15, -0.1) is 0 Å². The van der Waals surface area contributed by atoms with Gasteiger partial charge in [-0.25, -0.2) is 0 Å². The van der Waals surface area contributed by atoms with Crippen LogP contribution in [0.15, 0.2) is 24.3 Å². The Bertz CT molecular complexity index is 730. The Balaban J connectivity index is 4.09. The first kappa shape index (κ1) is 43.4. The fraction of sp³-hybridized carbons (Fsp3) is 0.850. The normalized spacial score (nSPS) is 12.8. The van der Waals surface area contributed by atoms with Gasteiger partial charge in [0, 0.05) is 6.42 Å². The molecule has 0 aliphatic rings. The van der Waals surface area contributed by atoms with Gasteiger partial charge in [0.2, 0.25) is 0 Å². The molecule has 0 bridgehead atoms. The first-order valence-corrected chi connectivity index (χ1v) is 19.3. The number of allylic oxidation sites excluding steroid dienone is 4. The van der Waals surface area contributed by atoms with Crippen LogP contribution in [0.3, 0.4) is 0 Å². The van der Waals surface area contributed by atoms with E-state index >= 15 is 0 Å². The van der Waals surface area contributed by atoms with Gasteiger partial charge in [-0.05, 0) is 51.4 Å². The van der Waals surface area contributed by atoms with Gasteiger partial charge >= 0.3 is 5.97 Å². The smallest absolute Gasteiger partial charge is 0.306 e. The Morgan fingerprint density at radius 1 is 0.600 bits per heavy atom. The SMILES string of the molecule is CCCCC/C=C\C/C=C\CCCCCCCC(=O)OC(CCCCCCCCCCCCCCCC)C[N+](C)(C)CC(=O)[O-]. The van der Waals surface area contributed by atoms with Crippen molar-refractivity contribution in [3.63, 3.8) is 0 Å². The third-order valence-electron chi connectivity index (χ3n) is 8.76. The number of carboxylic acid groups (broad SMARTS) is 1. The molecule has 5 nitrogen and oxygen atoms in total. The molecule has 0 aromatic heterocycles. The lowest BCUT2D eigenvalue weighted by Gasteiger charge is -2.33. The number of carboxylic acids is 1. The van der Waals surface area contributed by atoms with Crippen molar-refractivity contribution in [2.75, 3.05) is 27.2 Å². The minimum absolute atomic E-state index is 0.0717. The Morgan fingerprint density at radius 3 is 1.53 bits per heavy atom. The molecule has 264 valence electrons. The molecular weight excluding hydrogens is 558 g/mol. The van der Waals surface area contributed by atoms with E-state index in [0.717, 1.165) is 51.4 Å². The largest absolute Gasteiger partial charge is 0.544 e. The fourth-order valence-electron chi connectivity index (χ4n) is 6.04. The lowest BCUT2D eigenvalue weighted by Crippen LogP contribution is -2.52. The number of unbranched alkanes of at least 4 members (excludes halogenated alkanes) is 21. The molecule has 0 aliphatic heterocycles. The standard InChI is InChI=1S/C40H75NO4/c1-5-7-9-11-13-15-17-19-21-23-25-27-29-31-33-35-40(44)45-38(36-41(3,4)37-39(42)43)34-32-30-28-26-24-22-20-18-16-14-12-10-8-6-2/h13,15,19,21,38H,5-12,14,16-18,20,22-37H2,1-4H3/b15-13-,21-19-. The van der Waals surface area contributed by atoms with Gasteiger partial charge in [-0.1, -0.05) is 154 Å². The van der Waals surface area contributed by atoms with Crippen molar-refractivity contribution < 1.29 is 23.9 Å². The maximum atomic E-state index is 12.7. The van der Waals surface area contributed by atoms with Crippen LogP contribution in [0.2, 0.25) is 0 Å². The lowest BCUT2D eigenvalue weighted by molar-refractivity contribution is -0.887. The Hall–Kier alpha value is -1.62. The number of aliphatic carboxylic acids is 1. The van der Waals surface area contributed by atoms with Gasteiger partial charge in [0.15, 0.2) is 6.10 Å². The van der Waals surface area contributed by atoms with E-state index in [9.17, 15) is 14.7 Å². The summed E-state index contributed by atoms with van der Waals surface area (Å²) >= 11 is 0. The van der Waals surface area contributed by atoms with Crippen LogP contribution in [-0.4, -0.2) is 49.7 Å². The van der Waals surface area contributed by atoms with Gasteiger partial charge in [0.1, 0.15) is 13.1 Å². The Morgan fingerprint density at radius 2 is 1.02 bits per heavy atom. The zero-order valence-corrected chi connectivity index (χ0v) is 30.5. The molecule has 1 unspecified atom stereocenters. The summed E-state index contributed by atoms with van der Waals surface area (Å²) in [6, 6.07) is 0. The molecule has 5 heteroatoms. The third-order valence-corrected chi connectivity index (χ3v) is 8.76. The summed E-state index contributed by atoms with van der Waals surface area (Å²) in [5, 5.41) is 11.2. The van der Waals surface area contributed by atoms with Crippen molar-refractivity contribution in [2.45, 2.75) is 193 Å². The molecule has 0 aromatic carbocycles. The first-order chi connectivity index (χ1) is 21.8. The summed E-state index contributed by atoms with van der Waals surface area (Å²) < 4.78 is 6.18. The molecule has 1 atom stereocenters. The predicted octanol–water partition coefficient (Wildman–Crippen LogP) is 10.4. The summed E-state index contributed by atoms with van der Waals surface area (Å²) in [6.45, 7) is 4.96. The average Bonchev–Trinajstić information content (AvgIpc) is 2.98. The second-order valence-electron chi connectivity index (χ2n) is 14.1. The first-order valence-electron chi connectivity index (χ1n) is 19.3. The second kappa shape index (κ2) is 32.3. The van der Waals surface area contributed by atoms with Crippen LogP contribution in [0, 0.1) is 0 Å². The molecule has 0 fully saturated rings. The van der Waals surface area contributed by atoms with Crippen LogP contribution in [0.4, 0.5) is 0 Å². The zero-order valence-electron chi connectivity index (χ0n) is 30.5. The summed E-state index contributed by atoms with van der Waals surface area (Å²) in [5.74, 6) is -1.20. The number of hydrogen-bond acceptors (Lipinski definition) is 4. The van der Waals surface area contributed by atoms with E-state index in [4.69, 9.17) is 4.74 Å². The minimum atomic E-state index is -1.06. The highest BCUT2D eigenvalue weighted by Crippen LogP contribution is 2.17. The highest BCUT2D eigenvalue weighted by atomic mass is 16.5. The number of rotatable bonds is 34. The minimum Gasteiger partial charge on any atom is -0.544 e. The van der Waals surface area contributed by atoms with E-state index in [1.54, 1.807) is 0 Å². The van der Waals surface area contributed by atoms with E-state index in [1.807, 2.05) is 14.1 Å². The number of esters is 1. The van der Waals surface area contributed by atoms with E-state index in [0.29, 0.717) is 13.0 Å². The summed E-state index contributed by atoms with van der Waals surface area (Å²) in [6.07, 6.45) is 41.3. The Kier molecular flexibility index (Phi) is 31.2. The van der Waals surface area contributed by atoms with Crippen LogP contribution < -0.4 is 5.11 Å². The predicted molar refractivity (Wildman–Crippen MR) is 191 cm³/mol. The second-order valence-corrected chi connectivity index (χ2v) is 14.1. The highest BCUT2D eigenvalue weighted by molar-refractivity contribution is 5.69. The number of hydrogen-bond donors (Lipinski definition) is 0. The van der Waals surface area contributed by atoms with Crippen molar-refractivity contribution in [3.05, 3.63) is 24.3 Å². The number of likely N-dealkylation sites (N-methyl/N-ethyl adjacent to an activating group) is 1. The molecular formula is C40H75NO4. The number of carbonyl (C=O) groups is 2. The molecule has 45 heavy (non-hydrogen) atoms.